The van der Waals surface area contributed by atoms with Crippen LogP contribution in [-0.4, -0.2) is 53.1 Å². The first-order chi connectivity index (χ1) is 11.0. The van der Waals surface area contributed by atoms with E-state index in [4.69, 9.17) is 9.15 Å². The highest BCUT2D eigenvalue weighted by atomic mass is 16.5. The molecular weight excluding hydrogens is 300 g/mol. The lowest BCUT2D eigenvalue weighted by atomic mass is 10.0. The third kappa shape index (κ3) is 2.03. The van der Waals surface area contributed by atoms with E-state index >= 15 is 0 Å². The molecule has 1 aromatic heterocycles. The zero-order chi connectivity index (χ0) is 16.2. The van der Waals surface area contributed by atoms with Crippen molar-refractivity contribution in [2.24, 2.45) is 0 Å². The summed E-state index contributed by atoms with van der Waals surface area (Å²) in [5.41, 5.74) is -0.946. The molecule has 0 saturated carbocycles. The molecule has 0 N–H and O–H groups in total. The van der Waals surface area contributed by atoms with Crippen LogP contribution < -0.4 is 5.43 Å². The molecule has 3 fully saturated rings. The number of aryl methyl sites for hydroxylation is 1. The second kappa shape index (κ2) is 4.92. The maximum absolute atomic E-state index is 12.8. The van der Waals surface area contributed by atoms with Crippen molar-refractivity contribution < 1.29 is 18.7 Å². The fraction of sp³-hybridized carbons (Fsp3) is 0.562. The Morgan fingerprint density at radius 1 is 1.30 bits per heavy atom. The molecule has 1 aromatic rings. The quantitative estimate of drug-likeness (QED) is 0.754. The number of amides is 2. The van der Waals surface area contributed by atoms with Crippen molar-refractivity contribution in [2.45, 2.75) is 38.0 Å². The summed E-state index contributed by atoms with van der Waals surface area (Å²) in [6, 6.07) is 2.23. The van der Waals surface area contributed by atoms with E-state index in [0.29, 0.717) is 31.9 Å². The number of carbonyl (C=O) groups excluding carboxylic acids is 2. The van der Waals surface area contributed by atoms with Crippen molar-refractivity contribution in [3.05, 3.63) is 33.9 Å². The van der Waals surface area contributed by atoms with E-state index in [0.717, 1.165) is 6.42 Å². The standard InChI is InChI=1S/C16H18N2O5/c1-10-7-11(19)8-12(23-10)15(21)17-5-3-16-13(17)9-14(20)18(16)4-2-6-22-16/h7-8,13H,2-6,9H2,1H3/t13-,16+/m1/s1. The Morgan fingerprint density at radius 2 is 2.13 bits per heavy atom. The highest BCUT2D eigenvalue weighted by Gasteiger charge is 2.61. The van der Waals surface area contributed by atoms with Gasteiger partial charge in [-0.15, -0.1) is 0 Å². The largest absolute Gasteiger partial charge is 0.456 e. The van der Waals surface area contributed by atoms with Crippen LogP contribution in [0.2, 0.25) is 0 Å². The van der Waals surface area contributed by atoms with E-state index in [1.165, 1.54) is 12.1 Å². The van der Waals surface area contributed by atoms with Gasteiger partial charge in [0.15, 0.2) is 16.9 Å². The fourth-order valence-electron chi connectivity index (χ4n) is 4.04. The molecule has 0 aliphatic carbocycles. The molecule has 0 radical (unpaired) electrons. The summed E-state index contributed by atoms with van der Waals surface area (Å²) >= 11 is 0. The van der Waals surface area contributed by atoms with Crippen molar-refractivity contribution in [3.8, 4) is 0 Å². The van der Waals surface area contributed by atoms with Gasteiger partial charge in [-0.1, -0.05) is 0 Å². The maximum atomic E-state index is 12.8. The van der Waals surface area contributed by atoms with Gasteiger partial charge in [-0.05, 0) is 13.3 Å². The predicted molar refractivity (Wildman–Crippen MR) is 78.8 cm³/mol. The molecule has 2 atom stereocenters. The summed E-state index contributed by atoms with van der Waals surface area (Å²) in [5, 5.41) is 0. The van der Waals surface area contributed by atoms with Crippen LogP contribution in [0.5, 0.6) is 0 Å². The average molecular weight is 318 g/mol. The molecule has 7 nitrogen and oxygen atoms in total. The third-order valence-corrected chi connectivity index (χ3v) is 4.97. The Labute approximate surface area is 132 Å². The van der Waals surface area contributed by atoms with Gasteiger partial charge >= 0.3 is 0 Å². The number of likely N-dealkylation sites (tertiary alicyclic amines) is 1. The second-order valence-electron chi connectivity index (χ2n) is 6.33. The summed E-state index contributed by atoms with van der Waals surface area (Å²) in [6.07, 6.45) is 1.69. The van der Waals surface area contributed by atoms with Crippen LogP contribution in [0.3, 0.4) is 0 Å². The van der Waals surface area contributed by atoms with Gasteiger partial charge in [0.25, 0.3) is 5.91 Å². The lowest BCUT2D eigenvalue weighted by molar-refractivity contribution is -0.179. The molecule has 7 heteroatoms. The molecule has 122 valence electrons. The number of rotatable bonds is 1. The zero-order valence-electron chi connectivity index (χ0n) is 12.9. The van der Waals surface area contributed by atoms with Gasteiger partial charge < -0.3 is 19.0 Å². The molecule has 0 aromatic carbocycles. The minimum atomic E-state index is -0.685. The molecule has 3 aliphatic rings. The molecule has 23 heavy (non-hydrogen) atoms. The summed E-state index contributed by atoms with van der Waals surface area (Å²) < 4.78 is 11.4. The van der Waals surface area contributed by atoms with Gasteiger partial charge in [-0.3, -0.25) is 14.4 Å². The first-order valence-corrected chi connectivity index (χ1v) is 7.88. The van der Waals surface area contributed by atoms with Crippen LogP contribution in [0.15, 0.2) is 21.3 Å². The van der Waals surface area contributed by atoms with E-state index in [1.807, 2.05) is 0 Å². The highest BCUT2D eigenvalue weighted by molar-refractivity contribution is 5.93. The number of carbonyl (C=O) groups is 2. The van der Waals surface area contributed by atoms with Crippen molar-refractivity contribution >= 4 is 11.8 Å². The van der Waals surface area contributed by atoms with Crippen LogP contribution in [0.1, 0.15) is 35.6 Å². The van der Waals surface area contributed by atoms with Gasteiger partial charge in [0, 0.05) is 31.6 Å². The Kier molecular flexibility index (Phi) is 3.09. The fourth-order valence-corrected chi connectivity index (χ4v) is 4.04. The molecule has 0 bridgehead atoms. The number of hydrogen-bond donors (Lipinski definition) is 0. The molecule has 3 aliphatic heterocycles. The van der Waals surface area contributed by atoms with Gasteiger partial charge in [0.2, 0.25) is 5.91 Å². The van der Waals surface area contributed by atoms with E-state index in [9.17, 15) is 14.4 Å². The number of hydrogen-bond acceptors (Lipinski definition) is 5. The monoisotopic (exact) mass is 318 g/mol. The Morgan fingerprint density at radius 3 is 2.91 bits per heavy atom. The normalized spacial score (nSPS) is 29.6. The van der Waals surface area contributed by atoms with Crippen LogP contribution >= 0.6 is 0 Å². The maximum Gasteiger partial charge on any atom is 0.290 e. The molecule has 3 saturated heterocycles. The lowest BCUT2D eigenvalue weighted by Gasteiger charge is -2.42. The van der Waals surface area contributed by atoms with Crippen molar-refractivity contribution in [1.29, 1.82) is 0 Å². The van der Waals surface area contributed by atoms with Gasteiger partial charge in [0.05, 0.1) is 19.1 Å². The van der Waals surface area contributed by atoms with Crippen molar-refractivity contribution in [1.82, 2.24) is 9.80 Å². The van der Waals surface area contributed by atoms with Crippen molar-refractivity contribution in [2.75, 3.05) is 19.7 Å². The summed E-state index contributed by atoms with van der Waals surface area (Å²) in [5.74, 6) is 0.0935. The first-order valence-electron chi connectivity index (χ1n) is 7.88. The third-order valence-electron chi connectivity index (χ3n) is 4.97. The Balaban J connectivity index is 1.67. The van der Waals surface area contributed by atoms with Crippen LogP contribution in [0.4, 0.5) is 0 Å². The van der Waals surface area contributed by atoms with Crippen molar-refractivity contribution in [3.63, 3.8) is 0 Å². The van der Waals surface area contributed by atoms with Gasteiger partial charge in [-0.2, -0.15) is 0 Å². The highest BCUT2D eigenvalue weighted by Crippen LogP contribution is 2.45. The van der Waals surface area contributed by atoms with E-state index in [1.54, 1.807) is 16.7 Å². The Bertz CT molecular complexity index is 742. The van der Waals surface area contributed by atoms with Gasteiger partial charge in [0.1, 0.15) is 5.76 Å². The average Bonchev–Trinajstić information content (AvgIpc) is 2.98. The summed E-state index contributed by atoms with van der Waals surface area (Å²) in [7, 11) is 0. The summed E-state index contributed by atoms with van der Waals surface area (Å²) in [6.45, 7) is 3.40. The second-order valence-corrected chi connectivity index (χ2v) is 6.33. The molecule has 2 amide bonds. The topological polar surface area (TPSA) is 80.1 Å². The summed E-state index contributed by atoms with van der Waals surface area (Å²) in [4.78, 5) is 40.1. The minimum absolute atomic E-state index is 0.0220. The SMILES string of the molecule is Cc1cc(=O)cc(C(=O)N2CC[C@@]34OCCCN3C(=O)C[C@@H]24)o1. The first kappa shape index (κ1) is 14.4. The number of nitrogens with zero attached hydrogens (tertiary/aromatic N) is 2. The zero-order valence-corrected chi connectivity index (χ0v) is 12.9. The molecular formula is C16H18N2O5. The molecule has 4 heterocycles. The number of ether oxygens (including phenoxy) is 1. The van der Waals surface area contributed by atoms with Crippen LogP contribution in [0, 0.1) is 6.92 Å². The Hall–Kier alpha value is -2.15. The smallest absolute Gasteiger partial charge is 0.290 e. The van der Waals surface area contributed by atoms with E-state index in [-0.39, 0.29) is 35.5 Å². The van der Waals surface area contributed by atoms with E-state index < -0.39 is 5.72 Å². The van der Waals surface area contributed by atoms with Crippen LogP contribution in [-0.2, 0) is 9.53 Å². The molecule has 4 rings (SSSR count). The van der Waals surface area contributed by atoms with Crippen LogP contribution in [0.25, 0.3) is 0 Å². The molecule has 1 spiro atoms. The lowest BCUT2D eigenvalue weighted by Crippen LogP contribution is -2.56. The molecule has 0 unspecified atom stereocenters. The predicted octanol–water partition coefficient (Wildman–Crippen LogP) is 0.512. The minimum Gasteiger partial charge on any atom is -0.456 e. The van der Waals surface area contributed by atoms with E-state index in [2.05, 4.69) is 0 Å². The van der Waals surface area contributed by atoms with Gasteiger partial charge in [-0.25, -0.2) is 0 Å².